The summed E-state index contributed by atoms with van der Waals surface area (Å²) in [5.74, 6) is 1.15. The summed E-state index contributed by atoms with van der Waals surface area (Å²) in [6.07, 6.45) is 3.71. The molecule has 2 heterocycles. The zero-order chi connectivity index (χ0) is 12.6. The second-order valence-electron chi connectivity index (χ2n) is 4.92. The van der Waals surface area contributed by atoms with E-state index in [2.05, 4.69) is 18.0 Å². The molecular weight excluding hydrogens is 242 g/mol. The van der Waals surface area contributed by atoms with E-state index in [1.807, 2.05) is 36.0 Å². The number of pyridine rings is 1. The van der Waals surface area contributed by atoms with E-state index in [0.29, 0.717) is 0 Å². The van der Waals surface area contributed by atoms with Crippen LogP contribution < -0.4 is 0 Å². The monoisotopic (exact) mass is 259 g/mol. The van der Waals surface area contributed by atoms with Crippen LogP contribution in [0.2, 0.25) is 0 Å². The van der Waals surface area contributed by atoms with E-state index in [1.54, 1.807) is 6.20 Å². The van der Waals surface area contributed by atoms with E-state index in [9.17, 15) is 5.11 Å². The summed E-state index contributed by atoms with van der Waals surface area (Å²) in [6, 6.07) is 10.0. The average molecular weight is 259 g/mol. The molecule has 0 bridgehead atoms. The third-order valence-corrected chi connectivity index (χ3v) is 5.27. The second kappa shape index (κ2) is 4.56. The van der Waals surface area contributed by atoms with Crippen LogP contribution in [0, 0.1) is 0 Å². The van der Waals surface area contributed by atoms with E-state index < -0.39 is 5.60 Å². The summed E-state index contributed by atoms with van der Waals surface area (Å²) >= 11 is 1.86. The molecule has 1 saturated heterocycles. The summed E-state index contributed by atoms with van der Waals surface area (Å²) in [6.45, 7) is 2.12. The van der Waals surface area contributed by atoms with Crippen molar-refractivity contribution in [3.05, 3.63) is 42.1 Å². The highest BCUT2D eigenvalue weighted by Gasteiger charge is 2.39. The molecule has 3 heteroatoms. The summed E-state index contributed by atoms with van der Waals surface area (Å²) in [5, 5.41) is 12.4. The van der Waals surface area contributed by atoms with Crippen molar-refractivity contribution in [2.75, 3.05) is 5.75 Å². The van der Waals surface area contributed by atoms with Crippen LogP contribution in [0.15, 0.2) is 36.5 Å². The lowest BCUT2D eigenvalue weighted by Gasteiger charge is -2.38. The van der Waals surface area contributed by atoms with Crippen LogP contribution in [-0.2, 0) is 5.60 Å². The number of fused-ring (bicyclic) bond motifs is 1. The van der Waals surface area contributed by atoms with Gasteiger partial charge in [0, 0.05) is 16.8 Å². The quantitative estimate of drug-likeness (QED) is 0.852. The minimum absolute atomic E-state index is 0.233. The Hall–Kier alpha value is -1.06. The number of benzene rings is 1. The van der Waals surface area contributed by atoms with Gasteiger partial charge in [0.25, 0.3) is 0 Å². The fourth-order valence-electron chi connectivity index (χ4n) is 2.78. The normalized spacial score (nSPS) is 28.4. The minimum Gasteiger partial charge on any atom is -0.384 e. The zero-order valence-electron chi connectivity index (χ0n) is 10.5. The average Bonchev–Trinajstić information content (AvgIpc) is 2.41. The molecule has 1 fully saturated rings. The third-order valence-electron chi connectivity index (χ3n) is 3.85. The fraction of sp³-hybridized carbons (Fsp3) is 0.400. The molecule has 1 aliphatic rings. The Morgan fingerprint density at radius 2 is 2.22 bits per heavy atom. The summed E-state index contributed by atoms with van der Waals surface area (Å²) in [4.78, 5) is 4.37. The van der Waals surface area contributed by atoms with Crippen molar-refractivity contribution in [1.82, 2.24) is 4.98 Å². The van der Waals surface area contributed by atoms with Gasteiger partial charge in [-0.1, -0.05) is 25.1 Å². The Kier molecular flexibility index (Phi) is 3.04. The second-order valence-corrected chi connectivity index (χ2v) is 6.37. The SMILES string of the molecule is CC1SCCCC1(O)c1cccc2ncccc12. The number of hydrogen-bond donors (Lipinski definition) is 1. The van der Waals surface area contributed by atoms with Crippen LogP contribution in [0.1, 0.15) is 25.3 Å². The van der Waals surface area contributed by atoms with E-state index in [-0.39, 0.29) is 5.25 Å². The molecule has 3 rings (SSSR count). The molecule has 1 N–H and O–H groups in total. The van der Waals surface area contributed by atoms with Crippen molar-refractivity contribution >= 4 is 22.7 Å². The molecule has 0 radical (unpaired) electrons. The van der Waals surface area contributed by atoms with Gasteiger partial charge in [0.1, 0.15) is 5.60 Å². The van der Waals surface area contributed by atoms with Crippen molar-refractivity contribution < 1.29 is 5.11 Å². The Bertz CT molecular complexity index is 566. The van der Waals surface area contributed by atoms with Crippen molar-refractivity contribution in [3.8, 4) is 0 Å². The van der Waals surface area contributed by atoms with E-state index in [4.69, 9.17) is 0 Å². The first kappa shape index (κ1) is 12.0. The van der Waals surface area contributed by atoms with Crippen molar-refractivity contribution in [1.29, 1.82) is 0 Å². The highest BCUT2D eigenvalue weighted by Crippen LogP contribution is 2.43. The predicted molar refractivity (Wildman–Crippen MR) is 76.8 cm³/mol. The van der Waals surface area contributed by atoms with Gasteiger partial charge in [0.05, 0.1) is 5.52 Å². The zero-order valence-corrected chi connectivity index (χ0v) is 11.3. The smallest absolute Gasteiger partial charge is 0.102 e. The first-order valence-electron chi connectivity index (χ1n) is 6.40. The number of nitrogens with zero attached hydrogens (tertiary/aromatic N) is 1. The summed E-state index contributed by atoms with van der Waals surface area (Å²) < 4.78 is 0. The first-order valence-corrected chi connectivity index (χ1v) is 7.45. The lowest BCUT2D eigenvalue weighted by Crippen LogP contribution is -2.39. The number of thioether (sulfide) groups is 1. The van der Waals surface area contributed by atoms with Crippen LogP contribution >= 0.6 is 11.8 Å². The minimum atomic E-state index is -0.717. The molecule has 2 aromatic rings. The van der Waals surface area contributed by atoms with Crippen molar-refractivity contribution in [3.63, 3.8) is 0 Å². The molecule has 0 spiro atoms. The molecule has 0 aliphatic carbocycles. The molecule has 1 aromatic carbocycles. The largest absolute Gasteiger partial charge is 0.384 e. The van der Waals surface area contributed by atoms with Gasteiger partial charge in [0.15, 0.2) is 0 Å². The van der Waals surface area contributed by atoms with Crippen LogP contribution in [0.3, 0.4) is 0 Å². The van der Waals surface area contributed by atoms with Gasteiger partial charge in [-0.3, -0.25) is 4.98 Å². The van der Waals surface area contributed by atoms with Gasteiger partial charge in [-0.05, 0) is 36.3 Å². The van der Waals surface area contributed by atoms with Crippen LogP contribution in [0.4, 0.5) is 0 Å². The fourth-order valence-corrected chi connectivity index (χ4v) is 3.96. The van der Waals surface area contributed by atoms with Gasteiger partial charge >= 0.3 is 0 Å². The molecule has 0 amide bonds. The summed E-state index contributed by atoms with van der Waals surface area (Å²) in [7, 11) is 0. The standard InChI is InChI=1S/C15H17NOS/c1-11-15(17,8-4-10-18-11)13-6-2-7-14-12(13)5-3-9-16-14/h2-3,5-7,9,11,17H,4,8,10H2,1H3. The van der Waals surface area contributed by atoms with Gasteiger partial charge in [-0.2, -0.15) is 11.8 Å². The molecular formula is C15H17NOS. The van der Waals surface area contributed by atoms with Crippen molar-refractivity contribution in [2.45, 2.75) is 30.6 Å². The number of hydrogen-bond acceptors (Lipinski definition) is 3. The molecule has 2 unspecified atom stereocenters. The maximum atomic E-state index is 11.1. The molecule has 94 valence electrons. The lowest BCUT2D eigenvalue weighted by atomic mass is 9.84. The molecule has 1 aromatic heterocycles. The maximum Gasteiger partial charge on any atom is 0.102 e. The van der Waals surface area contributed by atoms with Crippen LogP contribution in [0.25, 0.3) is 10.9 Å². The predicted octanol–water partition coefficient (Wildman–Crippen LogP) is 3.34. The van der Waals surface area contributed by atoms with Gasteiger partial charge in [0.2, 0.25) is 0 Å². The number of aromatic nitrogens is 1. The van der Waals surface area contributed by atoms with E-state index in [0.717, 1.165) is 35.1 Å². The highest BCUT2D eigenvalue weighted by atomic mass is 32.2. The van der Waals surface area contributed by atoms with Gasteiger partial charge in [-0.25, -0.2) is 0 Å². The molecule has 1 aliphatic heterocycles. The Balaban J connectivity index is 2.19. The van der Waals surface area contributed by atoms with Gasteiger partial charge < -0.3 is 5.11 Å². The number of rotatable bonds is 1. The topological polar surface area (TPSA) is 33.1 Å². The first-order chi connectivity index (χ1) is 8.72. The molecule has 18 heavy (non-hydrogen) atoms. The lowest BCUT2D eigenvalue weighted by molar-refractivity contribution is 0.0269. The highest BCUT2D eigenvalue weighted by molar-refractivity contribution is 8.00. The molecule has 2 nitrogen and oxygen atoms in total. The van der Waals surface area contributed by atoms with E-state index >= 15 is 0 Å². The molecule has 2 atom stereocenters. The van der Waals surface area contributed by atoms with E-state index in [1.165, 1.54) is 0 Å². The summed E-state index contributed by atoms with van der Waals surface area (Å²) in [5.41, 5.74) is 1.28. The Morgan fingerprint density at radius 1 is 1.33 bits per heavy atom. The third kappa shape index (κ3) is 1.82. The Morgan fingerprint density at radius 3 is 3.06 bits per heavy atom. The number of aliphatic hydroxyl groups is 1. The van der Waals surface area contributed by atoms with Crippen LogP contribution in [0.5, 0.6) is 0 Å². The maximum absolute atomic E-state index is 11.1. The van der Waals surface area contributed by atoms with Crippen molar-refractivity contribution in [2.24, 2.45) is 0 Å². The van der Waals surface area contributed by atoms with Crippen LogP contribution in [-0.4, -0.2) is 21.1 Å². The van der Waals surface area contributed by atoms with Gasteiger partial charge in [-0.15, -0.1) is 0 Å². The Labute approximate surface area is 111 Å². The molecule has 0 saturated carbocycles.